The molecule has 0 saturated heterocycles. The molecule has 0 aliphatic rings. The Morgan fingerprint density at radius 2 is 1.56 bits per heavy atom. The average Bonchev–Trinajstić information content (AvgIpc) is 2.19. The van der Waals surface area contributed by atoms with Crippen LogP contribution < -0.4 is 0 Å². The third-order valence-electron chi connectivity index (χ3n) is 3.71. The first-order valence-corrected chi connectivity index (χ1v) is 6.08. The van der Waals surface area contributed by atoms with E-state index in [0.29, 0.717) is 23.0 Å². The summed E-state index contributed by atoms with van der Waals surface area (Å²) < 4.78 is 0. The van der Waals surface area contributed by atoms with Gasteiger partial charge in [-0.2, -0.15) is 0 Å². The number of aromatic hydroxyl groups is 1. The van der Waals surface area contributed by atoms with Gasteiger partial charge in [-0.15, -0.1) is 0 Å². The van der Waals surface area contributed by atoms with Gasteiger partial charge in [0.05, 0.1) is 0 Å². The summed E-state index contributed by atoms with van der Waals surface area (Å²) in [6, 6.07) is 7.57. The Kier molecular flexibility index (Phi) is 4.01. The van der Waals surface area contributed by atoms with Gasteiger partial charge in [0.1, 0.15) is 5.75 Å². The van der Waals surface area contributed by atoms with Crippen LogP contribution >= 0.6 is 0 Å². The molecule has 1 rings (SSSR count). The zero-order chi connectivity index (χ0) is 12.3. The quantitative estimate of drug-likeness (QED) is 0.807. The highest BCUT2D eigenvalue weighted by molar-refractivity contribution is 5.26. The number of rotatable bonds is 3. The van der Waals surface area contributed by atoms with Crippen LogP contribution in [0.4, 0.5) is 0 Å². The number of hydrogen-bond acceptors (Lipinski definition) is 1. The third-order valence-corrected chi connectivity index (χ3v) is 3.71. The van der Waals surface area contributed by atoms with Crippen LogP contribution in [0.3, 0.4) is 0 Å². The molecule has 0 heterocycles. The van der Waals surface area contributed by atoms with Gasteiger partial charge < -0.3 is 5.11 Å². The van der Waals surface area contributed by atoms with Crippen LogP contribution in [0.2, 0.25) is 0 Å². The van der Waals surface area contributed by atoms with Gasteiger partial charge in [0.15, 0.2) is 0 Å². The van der Waals surface area contributed by atoms with Crippen LogP contribution in [0.5, 0.6) is 5.75 Å². The molecule has 0 saturated carbocycles. The van der Waals surface area contributed by atoms with Crippen LogP contribution in [0.25, 0.3) is 0 Å². The van der Waals surface area contributed by atoms with Crippen molar-refractivity contribution in [3.8, 4) is 5.75 Å². The zero-order valence-corrected chi connectivity index (χ0v) is 11.1. The van der Waals surface area contributed by atoms with Crippen molar-refractivity contribution in [2.24, 2.45) is 17.3 Å². The monoisotopic (exact) mass is 220 g/mol. The Balaban J connectivity index is 2.64. The molecule has 0 fully saturated rings. The molecule has 16 heavy (non-hydrogen) atoms. The van der Waals surface area contributed by atoms with E-state index >= 15 is 0 Å². The van der Waals surface area contributed by atoms with Crippen molar-refractivity contribution in [3.63, 3.8) is 0 Å². The predicted octanol–water partition coefficient (Wildman–Crippen LogP) is 4.25. The molecule has 0 radical (unpaired) electrons. The predicted molar refractivity (Wildman–Crippen MR) is 69.6 cm³/mol. The van der Waals surface area contributed by atoms with Gasteiger partial charge in [0.2, 0.25) is 0 Å². The fourth-order valence-corrected chi connectivity index (χ4v) is 2.03. The van der Waals surface area contributed by atoms with Crippen LogP contribution in [0.15, 0.2) is 24.3 Å². The summed E-state index contributed by atoms with van der Waals surface area (Å²) in [6.45, 7) is 11.5. The molecule has 90 valence electrons. The third kappa shape index (κ3) is 3.55. The molecule has 1 N–H and O–H groups in total. The highest BCUT2D eigenvalue weighted by Gasteiger charge is 2.25. The van der Waals surface area contributed by atoms with Gasteiger partial charge in [-0.05, 0) is 41.4 Å². The largest absolute Gasteiger partial charge is 0.508 e. The van der Waals surface area contributed by atoms with Crippen LogP contribution in [0, 0.1) is 17.3 Å². The smallest absolute Gasteiger partial charge is 0.115 e. The van der Waals surface area contributed by atoms with E-state index < -0.39 is 0 Å². The topological polar surface area (TPSA) is 20.2 Å². The number of phenolic OH excluding ortho intramolecular Hbond substituents is 1. The van der Waals surface area contributed by atoms with Crippen molar-refractivity contribution in [2.75, 3.05) is 0 Å². The van der Waals surface area contributed by atoms with Crippen molar-refractivity contribution in [3.05, 3.63) is 29.8 Å². The number of phenols is 1. The molecule has 0 aromatic heterocycles. The Morgan fingerprint density at radius 3 is 2.00 bits per heavy atom. The van der Waals surface area contributed by atoms with Crippen molar-refractivity contribution >= 4 is 0 Å². The van der Waals surface area contributed by atoms with Crippen molar-refractivity contribution < 1.29 is 5.11 Å². The molecular weight excluding hydrogens is 196 g/mol. The van der Waals surface area contributed by atoms with Crippen molar-refractivity contribution in [2.45, 2.75) is 41.0 Å². The first-order valence-electron chi connectivity index (χ1n) is 6.08. The van der Waals surface area contributed by atoms with Gasteiger partial charge in [-0.1, -0.05) is 46.8 Å². The Morgan fingerprint density at radius 1 is 1.06 bits per heavy atom. The Hall–Kier alpha value is -0.980. The van der Waals surface area contributed by atoms with Crippen LogP contribution in [0.1, 0.15) is 40.2 Å². The summed E-state index contributed by atoms with van der Waals surface area (Å²) in [6.07, 6.45) is 1.08. The fraction of sp³-hybridized carbons (Fsp3) is 0.600. The lowest BCUT2D eigenvalue weighted by atomic mass is 9.73. The molecule has 0 aliphatic carbocycles. The lowest BCUT2D eigenvalue weighted by Gasteiger charge is -2.32. The van der Waals surface area contributed by atoms with Gasteiger partial charge in [-0.25, -0.2) is 0 Å². The van der Waals surface area contributed by atoms with E-state index in [4.69, 9.17) is 0 Å². The van der Waals surface area contributed by atoms with E-state index in [1.807, 2.05) is 12.1 Å². The summed E-state index contributed by atoms with van der Waals surface area (Å²) in [5.41, 5.74) is 1.66. The molecule has 0 bridgehead atoms. The van der Waals surface area contributed by atoms with E-state index in [0.717, 1.165) is 6.42 Å². The van der Waals surface area contributed by atoms with Gasteiger partial charge >= 0.3 is 0 Å². The molecule has 1 nitrogen and oxygen atoms in total. The van der Waals surface area contributed by atoms with Crippen molar-refractivity contribution in [1.29, 1.82) is 0 Å². The molecule has 0 aliphatic heterocycles. The summed E-state index contributed by atoms with van der Waals surface area (Å²) in [7, 11) is 0. The maximum absolute atomic E-state index is 9.23. The highest BCUT2D eigenvalue weighted by Crippen LogP contribution is 2.33. The normalized spacial score (nSPS) is 15.8. The standard InChI is InChI=1S/C15H24O/c1-11(12(2)15(3,4)5)10-13-6-8-14(16)9-7-13/h6-9,11-12,16H,10H2,1-5H3. The van der Waals surface area contributed by atoms with Gasteiger partial charge in [-0.3, -0.25) is 0 Å². The minimum Gasteiger partial charge on any atom is -0.508 e. The first-order chi connectivity index (χ1) is 7.30. The molecule has 1 heteroatoms. The maximum atomic E-state index is 9.23. The maximum Gasteiger partial charge on any atom is 0.115 e. The average molecular weight is 220 g/mol. The minimum absolute atomic E-state index is 0.347. The summed E-state index contributed by atoms with van der Waals surface area (Å²) in [4.78, 5) is 0. The van der Waals surface area contributed by atoms with E-state index in [1.54, 1.807) is 12.1 Å². The molecule has 1 aromatic rings. The summed E-state index contributed by atoms with van der Waals surface area (Å²) in [5, 5.41) is 9.23. The Bertz CT molecular complexity index is 318. The van der Waals surface area contributed by atoms with Gasteiger partial charge in [0, 0.05) is 0 Å². The van der Waals surface area contributed by atoms with E-state index in [1.165, 1.54) is 5.56 Å². The molecule has 0 spiro atoms. The second-order valence-electron chi connectivity index (χ2n) is 6.00. The SMILES string of the molecule is CC(Cc1ccc(O)cc1)C(C)C(C)(C)C. The zero-order valence-electron chi connectivity index (χ0n) is 11.1. The molecule has 1 aromatic carbocycles. The van der Waals surface area contributed by atoms with E-state index in [2.05, 4.69) is 34.6 Å². The lowest BCUT2D eigenvalue weighted by molar-refractivity contribution is 0.187. The summed E-state index contributed by atoms with van der Waals surface area (Å²) >= 11 is 0. The van der Waals surface area contributed by atoms with Crippen LogP contribution in [-0.4, -0.2) is 5.11 Å². The Labute approximate surface area is 99.5 Å². The number of hydrogen-bond donors (Lipinski definition) is 1. The van der Waals surface area contributed by atoms with E-state index in [9.17, 15) is 5.11 Å². The minimum atomic E-state index is 0.347. The number of benzene rings is 1. The van der Waals surface area contributed by atoms with E-state index in [-0.39, 0.29) is 0 Å². The van der Waals surface area contributed by atoms with Gasteiger partial charge in [0.25, 0.3) is 0 Å². The lowest BCUT2D eigenvalue weighted by Crippen LogP contribution is -2.25. The summed E-state index contributed by atoms with van der Waals surface area (Å²) in [5.74, 6) is 1.69. The second-order valence-corrected chi connectivity index (χ2v) is 6.00. The molecular formula is C15H24O. The van der Waals surface area contributed by atoms with Crippen LogP contribution in [-0.2, 0) is 6.42 Å². The molecule has 2 unspecified atom stereocenters. The second kappa shape index (κ2) is 4.90. The fourth-order valence-electron chi connectivity index (χ4n) is 2.03. The molecule has 2 atom stereocenters. The first kappa shape index (κ1) is 13.1. The molecule has 0 amide bonds. The van der Waals surface area contributed by atoms with Crippen molar-refractivity contribution in [1.82, 2.24) is 0 Å². The highest BCUT2D eigenvalue weighted by atomic mass is 16.3.